The van der Waals surface area contributed by atoms with Crippen LogP contribution in [0.5, 0.6) is 0 Å². The van der Waals surface area contributed by atoms with Gasteiger partial charge in [-0.05, 0) is 49.7 Å². The van der Waals surface area contributed by atoms with Gasteiger partial charge in [0.05, 0.1) is 21.2 Å². The first kappa shape index (κ1) is 22.3. The van der Waals surface area contributed by atoms with Gasteiger partial charge < -0.3 is 5.32 Å². The van der Waals surface area contributed by atoms with Crippen molar-refractivity contribution < 1.29 is 21.6 Å². The molecular formula is C17H20ClN3O5S2. The molecule has 0 heterocycles. The lowest BCUT2D eigenvalue weighted by Crippen LogP contribution is -2.30. The molecule has 0 aliphatic carbocycles. The Labute approximate surface area is 169 Å². The Balaban J connectivity index is 2.23. The number of hydrogen-bond acceptors (Lipinski definition) is 5. The monoisotopic (exact) mass is 445 g/mol. The highest BCUT2D eigenvalue weighted by Crippen LogP contribution is 2.22. The number of anilines is 1. The van der Waals surface area contributed by atoms with E-state index in [4.69, 9.17) is 16.7 Å². The Kier molecular flexibility index (Phi) is 6.84. The molecule has 2 rings (SSSR count). The molecule has 0 atom stereocenters. The molecule has 0 unspecified atom stereocenters. The lowest BCUT2D eigenvalue weighted by Gasteiger charge is -2.12. The van der Waals surface area contributed by atoms with Crippen molar-refractivity contribution in [2.24, 2.45) is 5.14 Å². The number of nitrogens with two attached hydrogens (primary N) is 1. The van der Waals surface area contributed by atoms with Crippen LogP contribution in [0.3, 0.4) is 0 Å². The summed E-state index contributed by atoms with van der Waals surface area (Å²) in [7, 11) is -7.44. The number of carbonyl (C=O) groups is 1. The Morgan fingerprint density at radius 3 is 2.21 bits per heavy atom. The third kappa shape index (κ3) is 6.28. The molecule has 0 saturated carbocycles. The first-order chi connectivity index (χ1) is 12.9. The van der Waals surface area contributed by atoms with Gasteiger partial charge in [0, 0.05) is 11.7 Å². The van der Waals surface area contributed by atoms with Crippen molar-refractivity contribution >= 4 is 43.2 Å². The van der Waals surface area contributed by atoms with E-state index in [1.54, 1.807) is 13.8 Å². The molecule has 11 heteroatoms. The van der Waals surface area contributed by atoms with Gasteiger partial charge in [0.15, 0.2) is 0 Å². The number of benzene rings is 2. The van der Waals surface area contributed by atoms with Crippen molar-refractivity contribution in [1.82, 2.24) is 4.72 Å². The Hall–Kier alpha value is -1.98. The molecule has 1 amide bonds. The average molecular weight is 446 g/mol. The molecule has 0 aliphatic rings. The fourth-order valence-electron chi connectivity index (χ4n) is 2.34. The highest BCUT2D eigenvalue weighted by atomic mass is 35.5. The van der Waals surface area contributed by atoms with Crippen molar-refractivity contribution in [2.75, 3.05) is 5.32 Å². The molecule has 0 spiro atoms. The second-order valence-electron chi connectivity index (χ2n) is 6.38. The summed E-state index contributed by atoms with van der Waals surface area (Å²) in [6, 6.07) is 9.56. The van der Waals surface area contributed by atoms with Crippen LogP contribution in [0.15, 0.2) is 47.4 Å². The van der Waals surface area contributed by atoms with Gasteiger partial charge in [-0.2, -0.15) is 0 Å². The zero-order chi connectivity index (χ0) is 21.1. The molecule has 0 radical (unpaired) electrons. The second kappa shape index (κ2) is 8.58. The third-order valence-electron chi connectivity index (χ3n) is 3.46. The number of carbonyl (C=O) groups excluding carboxylic acids is 1. The van der Waals surface area contributed by atoms with Crippen LogP contribution in [0.25, 0.3) is 0 Å². The van der Waals surface area contributed by atoms with Crippen LogP contribution in [0.1, 0.15) is 29.8 Å². The van der Waals surface area contributed by atoms with Crippen LogP contribution < -0.4 is 15.2 Å². The number of hydrogen-bond donors (Lipinski definition) is 3. The fraction of sp³-hybridized carbons (Fsp3) is 0.235. The molecule has 0 bridgehead atoms. The third-order valence-corrected chi connectivity index (χ3v) is 6.18. The summed E-state index contributed by atoms with van der Waals surface area (Å²) in [6.45, 7) is 3.36. The van der Waals surface area contributed by atoms with Gasteiger partial charge in [-0.15, -0.1) is 0 Å². The molecule has 0 aromatic heterocycles. The number of rotatable bonds is 7. The van der Waals surface area contributed by atoms with E-state index in [1.165, 1.54) is 42.5 Å². The van der Waals surface area contributed by atoms with Gasteiger partial charge in [0.1, 0.15) is 0 Å². The summed E-state index contributed by atoms with van der Waals surface area (Å²) < 4.78 is 49.2. The van der Waals surface area contributed by atoms with Crippen LogP contribution in [-0.4, -0.2) is 28.8 Å². The summed E-state index contributed by atoms with van der Waals surface area (Å²) in [5, 5.41) is 7.67. The summed E-state index contributed by atoms with van der Waals surface area (Å²) in [4.78, 5) is 12.4. The summed E-state index contributed by atoms with van der Waals surface area (Å²) in [5.41, 5.74) is 0.834. The highest BCUT2D eigenvalue weighted by molar-refractivity contribution is 7.89. The highest BCUT2D eigenvalue weighted by Gasteiger charge is 2.19. The number of primary sulfonamides is 1. The van der Waals surface area contributed by atoms with E-state index in [0.717, 1.165) is 0 Å². The zero-order valence-electron chi connectivity index (χ0n) is 15.1. The summed E-state index contributed by atoms with van der Waals surface area (Å²) in [6.07, 6.45) is 0. The van der Waals surface area contributed by atoms with E-state index >= 15 is 0 Å². The van der Waals surface area contributed by atoms with Gasteiger partial charge in [0.25, 0.3) is 5.91 Å². The van der Waals surface area contributed by atoms with Gasteiger partial charge >= 0.3 is 0 Å². The Morgan fingerprint density at radius 2 is 1.68 bits per heavy atom. The van der Waals surface area contributed by atoms with Crippen molar-refractivity contribution in [3.63, 3.8) is 0 Å². The Morgan fingerprint density at radius 1 is 1.07 bits per heavy atom. The standard InChI is InChI=1S/C17H20ClN3O5S2/c1-11(2)21-28(25,26)14-7-8-16(18)15(9-14)17(22)20-13-5-3-12(4-6-13)10-27(19,23)24/h3-9,11,21H,10H2,1-2H3,(H,20,22)(H2,19,23,24). The van der Waals surface area contributed by atoms with Crippen LogP contribution in [0.2, 0.25) is 5.02 Å². The van der Waals surface area contributed by atoms with Gasteiger partial charge in [-0.3, -0.25) is 4.79 Å². The molecule has 0 saturated heterocycles. The molecule has 0 aliphatic heterocycles. The van der Waals surface area contributed by atoms with Gasteiger partial charge in [-0.1, -0.05) is 23.7 Å². The van der Waals surface area contributed by atoms with E-state index in [1.807, 2.05) is 0 Å². The summed E-state index contributed by atoms with van der Waals surface area (Å²) in [5.74, 6) is -0.929. The minimum Gasteiger partial charge on any atom is -0.322 e. The van der Waals surface area contributed by atoms with E-state index in [2.05, 4.69) is 10.0 Å². The van der Waals surface area contributed by atoms with Crippen LogP contribution in [0.4, 0.5) is 5.69 Å². The van der Waals surface area contributed by atoms with E-state index < -0.39 is 26.0 Å². The van der Waals surface area contributed by atoms with Crippen molar-refractivity contribution in [3.05, 3.63) is 58.6 Å². The quantitative estimate of drug-likeness (QED) is 0.599. The maximum absolute atomic E-state index is 12.5. The summed E-state index contributed by atoms with van der Waals surface area (Å²) >= 11 is 6.05. The van der Waals surface area contributed by atoms with Crippen molar-refractivity contribution in [3.8, 4) is 0 Å². The topological polar surface area (TPSA) is 135 Å². The molecule has 2 aromatic rings. The minimum atomic E-state index is -3.79. The molecule has 8 nitrogen and oxygen atoms in total. The lowest BCUT2D eigenvalue weighted by atomic mass is 10.2. The van der Waals surface area contributed by atoms with Crippen LogP contribution in [0, 0.1) is 0 Å². The molecule has 28 heavy (non-hydrogen) atoms. The molecule has 4 N–H and O–H groups in total. The predicted molar refractivity (Wildman–Crippen MR) is 108 cm³/mol. The number of halogens is 1. The van der Waals surface area contributed by atoms with Crippen LogP contribution >= 0.6 is 11.6 Å². The number of amides is 1. The van der Waals surface area contributed by atoms with Gasteiger partial charge in [0.2, 0.25) is 20.0 Å². The first-order valence-corrected chi connectivity index (χ1v) is 11.7. The normalized spacial score (nSPS) is 12.2. The first-order valence-electron chi connectivity index (χ1n) is 8.10. The van der Waals surface area contributed by atoms with E-state index in [-0.39, 0.29) is 27.3 Å². The van der Waals surface area contributed by atoms with E-state index in [0.29, 0.717) is 11.3 Å². The molecule has 152 valence electrons. The molecule has 0 fully saturated rings. The maximum atomic E-state index is 12.5. The maximum Gasteiger partial charge on any atom is 0.257 e. The SMILES string of the molecule is CC(C)NS(=O)(=O)c1ccc(Cl)c(C(=O)Nc2ccc(CS(N)(=O)=O)cc2)c1. The predicted octanol–water partition coefficient (Wildman–Crippen LogP) is 2.07. The Bertz CT molecular complexity index is 1080. The lowest BCUT2D eigenvalue weighted by molar-refractivity contribution is 0.102. The van der Waals surface area contributed by atoms with E-state index in [9.17, 15) is 21.6 Å². The number of nitrogens with one attached hydrogen (secondary N) is 2. The minimum absolute atomic E-state index is 0.0121. The molecule has 2 aromatic carbocycles. The average Bonchev–Trinajstić information content (AvgIpc) is 2.54. The zero-order valence-corrected chi connectivity index (χ0v) is 17.5. The smallest absolute Gasteiger partial charge is 0.257 e. The largest absolute Gasteiger partial charge is 0.322 e. The van der Waals surface area contributed by atoms with Crippen molar-refractivity contribution in [1.29, 1.82) is 0 Å². The van der Waals surface area contributed by atoms with Crippen LogP contribution in [-0.2, 0) is 25.8 Å². The number of sulfonamides is 2. The van der Waals surface area contributed by atoms with Gasteiger partial charge in [-0.25, -0.2) is 26.7 Å². The fourth-order valence-corrected chi connectivity index (χ4v) is 4.48. The van der Waals surface area contributed by atoms with Crippen molar-refractivity contribution in [2.45, 2.75) is 30.5 Å². The molecular weight excluding hydrogens is 426 g/mol. The second-order valence-corrected chi connectivity index (χ2v) is 10.1.